The molecule has 0 aliphatic carbocycles. The maximum absolute atomic E-state index is 13.9. The first kappa shape index (κ1) is 25.5. The minimum Gasteiger partial charge on any atom is -0.457 e. The number of amides is 1. The molecule has 2 atom stereocenters. The van der Waals surface area contributed by atoms with E-state index in [-0.39, 0.29) is 11.8 Å². The highest BCUT2D eigenvalue weighted by Gasteiger charge is 2.48. The summed E-state index contributed by atoms with van der Waals surface area (Å²) in [5.74, 6) is -1.41. The van der Waals surface area contributed by atoms with Gasteiger partial charge in [0.25, 0.3) is 0 Å². The largest absolute Gasteiger partial charge is 0.457 e. The van der Waals surface area contributed by atoms with Crippen LogP contribution in [-0.4, -0.2) is 29.9 Å². The van der Waals surface area contributed by atoms with E-state index < -0.39 is 24.0 Å². The number of carbonyl (C=O) groups is 1. The number of para-hydroxylation sites is 1. The highest BCUT2D eigenvalue weighted by atomic mass is 19.4. The maximum Gasteiger partial charge on any atom is 0.400 e. The summed E-state index contributed by atoms with van der Waals surface area (Å²) in [6.07, 6.45) is -3.43. The first-order valence-electron chi connectivity index (χ1n) is 11.3. The molecule has 2 unspecified atom stereocenters. The van der Waals surface area contributed by atoms with E-state index in [1.54, 1.807) is 60.7 Å². The molecule has 37 heavy (non-hydrogen) atoms. The Labute approximate surface area is 211 Å². The summed E-state index contributed by atoms with van der Waals surface area (Å²) < 4.78 is 47.5. The Kier molecular flexibility index (Phi) is 7.57. The fourth-order valence-corrected chi connectivity index (χ4v) is 3.68. The monoisotopic (exact) mass is 507 g/mol. The lowest BCUT2D eigenvalue weighted by atomic mass is 9.98. The van der Waals surface area contributed by atoms with Crippen molar-refractivity contribution >= 4 is 34.8 Å². The Morgan fingerprint density at radius 3 is 2.27 bits per heavy atom. The first-order chi connectivity index (χ1) is 17.7. The van der Waals surface area contributed by atoms with Crippen LogP contribution in [0.4, 0.5) is 30.2 Å². The molecule has 0 radical (unpaired) electrons. The molecular formula is C27H24F3N5O2. The SMILES string of the molecule is C=CC(=O)Nc1cccc(NC2=NC(C)C(C(F)(F)F)C(Nc3ccc(Oc4ccccc4)cc3)=N2)c1. The van der Waals surface area contributed by atoms with E-state index in [4.69, 9.17) is 4.74 Å². The number of aliphatic imine (C=N–C) groups is 2. The number of nitrogens with zero attached hydrogens (tertiary/aromatic N) is 2. The number of rotatable bonds is 6. The maximum atomic E-state index is 13.9. The van der Waals surface area contributed by atoms with Crippen LogP contribution in [0.3, 0.4) is 0 Å². The predicted molar refractivity (Wildman–Crippen MR) is 139 cm³/mol. The lowest BCUT2D eigenvalue weighted by Gasteiger charge is -2.29. The molecule has 4 rings (SSSR count). The Hall–Kier alpha value is -4.60. The number of amidine groups is 1. The molecule has 0 saturated carbocycles. The van der Waals surface area contributed by atoms with Gasteiger partial charge in [-0.05, 0) is 67.6 Å². The van der Waals surface area contributed by atoms with Crippen LogP contribution in [0.25, 0.3) is 0 Å². The molecule has 1 aliphatic heterocycles. The molecule has 0 spiro atoms. The van der Waals surface area contributed by atoms with Gasteiger partial charge in [0, 0.05) is 17.1 Å². The summed E-state index contributed by atoms with van der Waals surface area (Å²) in [5, 5.41) is 8.35. The van der Waals surface area contributed by atoms with Crippen LogP contribution in [0.1, 0.15) is 6.92 Å². The van der Waals surface area contributed by atoms with Gasteiger partial charge in [0.05, 0.1) is 6.04 Å². The number of guanidine groups is 1. The van der Waals surface area contributed by atoms with Crippen LogP contribution >= 0.6 is 0 Å². The van der Waals surface area contributed by atoms with Crippen LogP contribution in [0.5, 0.6) is 11.5 Å². The molecule has 3 aromatic rings. The zero-order valence-electron chi connectivity index (χ0n) is 19.8. The third kappa shape index (κ3) is 6.75. The van der Waals surface area contributed by atoms with Crippen LogP contribution in [-0.2, 0) is 4.79 Å². The van der Waals surface area contributed by atoms with E-state index >= 15 is 0 Å². The van der Waals surface area contributed by atoms with Crippen molar-refractivity contribution in [2.24, 2.45) is 15.9 Å². The number of anilines is 3. The second kappa shape index (κ2) is 11.0. The average Bonchev–Trinajstić information content (AvgIpc) is 2.85. The van der Waals surface area contributed by atoms with Crippen molar-refractivity contribution in [2.45, 2.75) is 19.1 Å². The molecule has 0 fully saturated rings. The number of halogens is 3. The summed E-state index contributed by atoms with van der Waals surface area (Å²) in [5.41, 5.74) is 1.38. The minimum absolute atomic E-state index is 0.00623. The molecule has 0 aromatic heterocycles. The van der Waals surface area contributed by atoms with Gasteiger partial charge in [-0.15, -0.1) is 0 Å². The summed E-state index contributed by atoms with van der Waals surface area (Å²) in [6.45, 7) is 4.79. The molecule has 3 N–H and O–H groups in total. The van der Waals surface area contributed by atoms with Gasteiger partial charge >= 0.3 is 6.18 Å². The van der Waals surface area contributed by atoms with Crippen LogP contribution in [0, 0.1) is 5.92 Å². The lowest BCUT2D eigenvalue weighted by molar-refractivity contribution is -0.159. The Bertz CT molecular complexity index is 1320. The van der Waals surface area contributed by atoms with Crippen LogP contribution in [0.2, 0.25) is 0 Å². The van der Waals surface area contributed by atoms with Gasteiger partial charge in [-0.2, -0.15) is 18.2 Å². The number of alkyl halides is 3. The van der Waals surface area contributed by atoms with Crippen LogP contribution in [0.15, 0.2) is 102 Å². The smallest absolute Gasteiger partial charge is 0.400 e. The Morgan fingerprint density at radius 2 is 1.59 bits per heavy atom. The van der Waals surface area contributed by atoms with Crippen molar-refractivity contribution in [3.8, 4) is 11.5 Å². The number of carbonyl (C=O) groups excluding carboxylic acids is 1. The second-order valence-electron chi connectivity index (χ2n) is 8.17. The van der Waals surface area contributed by atoms with Gasteiger partial charge < -0.3 is 20.7 Å². The number of nitrogens with one attached hydrogen (secondary N) is 3. The number of hydrogen-bond donors (Lipinski definition) is 3. The number of benzene rings is 3. The van der Waals surface area contributed by atoms with E-state index in [1.807, 2.05) is 18.2 Å². The van der Waals surface area contributed by atoms with Crippen molar-refractivity contribution in [1.82, 2.24) is 0 Å². The summed E-state index contributed by atoms with van der Waals surface area (Å²) >= 11 is 0. The summed E-state index contributed by atoms with van der Waals surface area (Å²) in [7, 11) is 0. The van der Waals surface area contributed by atoms with Gasteiger partial charge in [0.2, 0.25) is 11.9 Å². The quantitative estimate of drug-likeness (QED) is 0.334. The fourth-order valence-electron chi connectivity index (χ4n) is 3.68. The van der Waals surface area contributed by atoms with Gasteiger partial charge in [-0.3, -0.25) is 4.79 Å². The van der Waals surface area contributed by atoms with E-state index in [2.05, 4.69) is 32.5 Å². The van der Waals surface area contributed by atoms with E-state index in [9.17, 15) is 18.0 Å². The van der Waals surface area contributed by atoms with Crippen molar-refractivity contribution in [3.05, 3.63) is 91.5 Å². The molecule has 0 bridgehead atoms. The molecule has 1 aliphatic rings. The Balaban J connectivity index is 1.54. The third-order valence-corrected chi connectivity index (χ3v) is 5.36. The number of ether oxygens (including phenoxy) is 1. The van der Waals surface area contributed by atoms with Gasteiger partial charge in [0.1, 0.15) is 23.3 Å². The fraction of sp³-hybridized carbons (Fsp3) is 0.148. The highest BCUT2D eigenvalue weighted by molar-refractivity contribution is 6.10. The normalized spacial score (nSPS) is 17.2. The molecule has 1 amide bonds. The van der Waals surface area contributed by atoms with Gasteiger partial charge in [-0.1, -0.05) is 30.8 Å². The van der Waals surface area contributed by atoms with Crippen molar-refractivity contribution in [1.29, 1.82) is 0 Å². The van der Waals surface area contributed by atoms with Gasteiger partial charge in [0.15, 0.2) is 0 Å². The zero-order chi connectivity index (χ0) is 26.4. The van der Waals surface area contributed by atoms with Crippen molar-refractivity contribution in [2.75, 3.05) is 16.0 Å². The molecule has 7 nitrogen and oxygen atoms in total. The third-order valence-electron chi connectivity index (χ3n) is 5.36. The standard InChI is InChI=1S/C27H24F3N5O2/c1-3-23(36)32-19-8-7-9-20(16-19)34-26-31-17(2)24(27(28,29)30)25(35-26)33-18-12-14-22(15-13-18)37-21-10-5-4-6-11-21/h3-17,24H,1H2,2H3,(H,32,36)(H2,31,33,34,35). The second-order valence-corrected chi connectivity index (χ2v) is 8.17. The minimum atomic E-state index is -4.56. The van der Waals surface area contributed by atoms with E-state index in [0.717, 1.165) is 6.08 Å². The topological polar surface area (TPSA) is 87.1 Å². The van der Waals surface area contributed by atoms with E-state index in [0.29, 0.717) is 28.6 Å². The molecule has 10 heteroatoms. The first-order valence-corrected chi connectivity index (χ1v) is 11.3. The molecule has 3 aromatic carbocycles. The molecule has 1 heterocycles. The zero-order valence-corrected chi connectivity index (χ0v) is 19.8. The Morgan fingerprint density at radius 1 is 0.919 bits per heavy atom. The molecule has 190 valence electrons. The van der Waals surface area contributed by atoms with Crippen molar-refractivity contribution in [3.63, 3.8) is 0 Å². The summed E-state index contributed by atoms with van der Waals surface area (Å²) in [6, 6.07) is 21.2. The van der Waals surface area contributed by atoms with Crippen molar-refractivity contribution < 1.29 is 22.7 Å². The van der Waals surface area contributed by atoms with Gasteiger partial charge in [-0.25, -0.2) is 4.99 Å². The van der Waals surface area contributed by atoms with E-state index in [1.165, 1.54) is 6.92 Å². The lowest BCUT2D eigenvalue weighted by Crippen LogP contribution is -2.45. The molecular weight excluding hydrogens is 483 g/mol. The highest BCUT2D eigenvalue weighted by Crippen LogP contribution is 2.34. The van der Waals surface area contributed by atoms with Crippen LogP contribution < -0.4 is 20.7 Å². The predicted octanol–water partition coefficient (Wildman–Crippen LogP) is 6.46. The summed E-state index contributed by atoms with van der Waals surface area (Å²) in [4.78, 5) is 19.8. The average molecular weight is 508 g/mol. The molecule has 0 saturated heterocycles. The number of hydrogen-bond acceptors (Lipinski definition) is 6.